The van der Waals surface area contributed by atoms with E-state index in [0.717, 1.165) is 5.56 Å². The van der Waals surface area contributed by atoms with Crippen LogP contribution < -0.4 is 10.6 Å². The minimum atomic E-state index is -5.16. The second-order valence-electron chi connectivity index (χ2n) is 6.60. The van der Waals surface area contributed by atoms with Crippen molar-refractivity contribution in [2.24, 2.45) is 5.92 Å². The van der Waals surface area contributed by atoms with Crippen LogP contribution in [0.4, 0.5) is 13.2 Å². The number of aliphatic hydroxyl groups is 1. The van der Waals surface area contributed by atoms with E-state index in [1.165, 1.54) is 36.4 Å². The third-order valence-corrected chi connectivity index (χ3v) is 5.13. The molecule has 3 atom stereocenters. The molecule has 0 spiro atoms. The van der Waals surface area contributed by atoms with E-state index in [4.69, 9.17) is 23.8 Å². The number of ketones is 1. The van der Waals surface area contributed by atoms with E-state index in [1.54, 1.807) is 19.1 Å². The minimum Gasteiger partial charge on any atom is -0.363 e. The Morgan fingerprint density at radius 3 is 2.25 bits per heavy atom. The van der Waals surface area contributed by atoms with Crippen molar-refractivity contribution in [2.45, 2.75) is 24.9 Å². The molecule has 0 radical (unpaired) electrons. The zero-order chi connectivity index (χ0) is 20.7. The summed E-state index contributed by atoms with van der Waals surface area (Å²) in [7, 11) is 0. The third kappa shape index (κ3) is 3.72. The van der Waals surface area contributed by atoms with Crippen molar-refractivity contribution in [1.29, 1.82) is 0 Å². The summed E-state index contributed by atoms with van der Waals surface area (Å²) >= 11 is 10.7. The van der Waals surface area contributed by atoms with E-state index in [0.29, 0.717) is 10.6 Å². The van der Waals surface area contributed by atoms with Crippen molar-refractivity contribution in [3.05, 3.63) is 70.2 Å². The number of alkyl halides is 3. The number of thiocarbonyl (C=S) groups is 1. The molecule has 28 heavy (non-hydrogen) atoms. The van der Waals surface area contributed by atoms with Crippen molar-refractivity contribution in [3.8, 4) is 0 Å². The van der Waals surface area contributed by atoms with Crippen LogP contribution in [-0.2, 0) is 0 Å². The number of carbonyl (C=O) groups excluding carboxylic acids is 1. The summed E-state index contributed by atoms with van der Waals surface area (Å²) in [6.45, 7) is 1.79. The zero-order valence-electron chi connectivity index (χ0n) is 14.5. The summed E-state index contributed by atoms with van der Waals surface area (Å²) in [6.07, 6.45) is -5.16. The summed E-state index contributed by atoms with van der Waals surface area (Å²) in [5.74, 6) is -2.80. The molecule has 3 rings (SSSR count). The van der Waals surface area contributed by atoms with Crippen LogP contribution in [0.5, 0.6) is 0 Å². The molecule has 1 aliphatic heterocycles. The molecule has 148 valence electrons. The van der Waals surface area contributed by atoms with Crippen LogP contribution >= 0.6 is 23.8 Å². The van der Waals surface area contributed by atoms with Gasteiger partial charge >= 0.3 is 6.18 Å². The summed E-state index contributed by atoms with van der Waals surface area (Å²) < 4.78 is 41.6. The Hall–Kier alpha value is -2.16. The number of Topliss-reactive ketones (excluding diaryl/α,β-unsaturated/α-hetero) is 1. The molecule has 1 saturated heterocycles. The fourth-order valence-electron chi connectivity index (χ4n) is 3.18. The number of aryl methyl sites for hydroxylation is 1. The van der Waals surface area contributed by atoms with Gasteiger partial charge in [-0.2, -0.15) is 13.2 Å². The van der Waals surface area contributed by atoms with Gasteiger partial charge in [0.25, 0.3) is 0 Å². The number of nitrogens with one attached hydrogen (secondary N) is 2. The van der Waals surface area contributed by atoms with Crippen LogP contribution in [0.3, 0.4) is 0 Å². The fraction of sp³-hybridized carbons (Fsp3) is 0.263. The van der Waals surface area contributed by atoms with Crippen LogP contribution in [0.15, 0.2) is 48.5 Å². The Morgan fingerprint density at radius 2 is 1.71 bits per heavy atom. The van der Waals surface area contributed by atoms with Gasteiger partial charge in [0, 0.05) is 10.6 Å². The molecule has 2 aromatic carbocycles. The molecule has 0 saturated carbocycles. The smallest absolute Gasteiger partial charge is 0.363 e. The standard InChI is InChI=1S/C19H16ClF3N2O2S/c1-10-2-4-12(5-3-10)16(26)14-15(11-6-8-13(20)9-7-11)24-17(28)25-18(14,27)19(21,22)23/h2-9,14-15,27H,1H3,(H2,24,25,28)/t14-,15+,18-/m0/s1. The maximum Gasteiger partial charge on any atom is 0.437 e. The quantitative estimate of drug-likeness (QED) is 0.511. The second kappa shape index (κ2) is 7.35. The number of hydrogen-bond acceptors (Lipinski definition) is 3. The van der Waals surface area contributed by atoms with Gasteiger partial charge in [0.1, 0.15) is 5.92 Å². The van der Waals surface area contributed by atoms with Crippen molar-refractivity contribution in [3.63, 3.8) is 0 Å². The third-order valence-electron chi connectivity index (χ3n) is 4.65. The van der Waals surface area contributed by atoms with Gasteiger partial charge in [-0.1, -0.05) is 53.6 Å². The second-order valence-corrected chi connectivity index (χ2v) is 7.44. The van der Waals surface area contributed by atoms with Gasteiger partial charge in [-0.25, -0.2) is 0 Å². The van der Waals surface area contributed by atoms with E-state index in [-0.39, 0.29) is 5.56 Å². The summed E-state index contributed by atoms with van der Waals surface area (Å²) in [5, 5.41) is 15.1. The minimum absolute atomic E-state index is 0.0497. The number of benzene rings is 2. The molecule has 4 nitrogen and oxygen atoms in total. The van der Waals surface area contributed by atoms with E-state index in [9.17, 15) is 23.1 Å². The fourth-order valence-corrected chi connectivity index (χ4v) is 3.59. The topological polar surface area (TPSA) is 61.4 Å². The molecule has 0 bridgehead atoms. The lowest BCUT2D eigenvalue weighted by atomic mass is 9.77. The van der Waals surface area contributed by atoms with Crippen LogP contribution in [0.2, 0.25) is 5.02 Å². The van der Waals surface area contributed by atoms with E-state index in [1.807, 2.05) is 5.32 Å². The number of halogens is 4. The van der Waals surface area contributed by atoms with Crippen LogP contribution in [-0.4, -0.2) is 27.9 Å². The number of carbonyl (C=O) groups is 1. The van der Waals surface area contributed by atoms with E-state index >= 15 is 0 Å². The maximum atomic E-state index is 13.9. The molecular weight excluding hydrogens is 413 g/mol. The Morgan fingerprint density at radius 1 is 1.14 bits per heavy atom. The van der Waals surface area contributed by atoms with Crippen molar-refractivity contribution in [2.75, 3.05) is 0 Å². The Labute approximate surface area is 169 Å². The van der Waals surface area contributed by atoms with Gasteiger partial charge in [0.15, 0.2) is 10.9 Å². The first kappa shape index (κ1) is 20.6. The first-order valence-electron chi connectivity index (χ1n) is 8.27. The molecule has 1 aliphatic rings. The lowest BCUT2D eigenvalue weighted by molar-refractivity contribution is -0.285. The molecule has 3 N–H and O–H groups in total. The average molecular weight is 429 g/mol. The van der Waals surface area contributed by atoms with Gasteiger partial charge in [-0.05, 0) is 36.8 Å². The molecule has 0 unspecified atom stereocenters. The van der Waals surface area contributed by atoms with Crippen molar-refractivity contribution >= 4 is 34.7 Å². The molecule has 1 heterocycles. The van der Waals surface area contributed by atoms with E-state index < -0.39 is 34.8 Å². The summed E-state index contributed by atoms with van der Waals surface area (Å²) in [5.41, 5.74) is -2.31. The Balaban J connectivity index is 2.15. The normalized spacial score (nSPS) is 25.0. The molecule has 1 fully saturated rings. The predicted octanol–water partition coefficient (Wildman–Crippen LogP) is 3.92. The Bertz CT molecular complexity index is 903. The summed E-state index contributed by atoms with van der Waals surface area (Å²) in [6, 6.07) is 10.8. The van der Waals surface area contributed by atoms with Crippen LogP contribution in [0, 0.1) is 12.8 Å². The Kier molecular flexibility index (Phi) is 5.40. The molecule has 0 amide bonds. The molecule has 0 aromatic heterocycles. The zero-order valence-corrected chi connectivity index (χ0v) is 16.1. The SMILES string of the molecule is Cc1ccc(C(=O)[C@@H]2[C@@H](c3ccc(Cl)cc3)NC(=S)N[C@@]2(O)C(F)(F)F)cc1. The highest BCUT2D eigenvalue weighted by Crippen LogP contribution is 2.44. The van der Waals surface area contributed by atoms with Gasteiger partial charge < -0.3 is 15.7 Å². The highest BCUT2D eigenvalue weighted by Gasteiger charge is 2.65. The largest absolute Gasteiger partial charge is 0.437 e. The highest BCUT2D eigenvalue weighted by atomic mass is 35.5. The van der Waals surface area contributed by atoms with Gasteiger partial charge in [0.2, 0.25) is 5.72 Å². The molecule has 0 aliphatic carbocycles. The highest BCUT2D eigenvalue weighted by molar-refractivity contribution is 7.80. The predicted molar refractivity (Wildman–Crippen MR) is 103 cm³/mol. The molecule has 9 heteroatoms. The van der Waals surface area contributed by atoms with Gasteiger partial charge in [0.05, 0.1) is 6.04 Å². The molecule has 2 aromatic rings. The number of rotatable bonds is 3. The van der Waals surface area contributed by atoms with Gasteiger partial charge in [-0.3, -0.25) is 4.79 Å². The van der Waals surface area contributed by atoms with Crippen LogP contribution in [0.25, 0.3) is 0 Å². The van der Waals surface area contributed by atoms with Gasteiger partial charge in [-0.15, -0.1) is 0 Å². The monoisotopic (exact) mass is 428 g/mol. The first-order valence-corrected chi connectivity index (χ1v) is 9.05. The van der Waals surface area contributed by atoms with Crippen molar-refractivity contribution < 1.29 is 23.1 Å². The average Bonchev–Trinajstić information content (AvgIpc) is 2.61. The number of hydrogen-bond donors (Lipinski definition) is 3. The lowest BCUT2D eigenvalue weighted by Crippen LogP contribution is -2.72. The maximum absolute atomic E-state index is 13.9. The molecular formula is C19H16ClF3N2O2S. The van der Waals surface area contributed by atoms with Crippen LogP contribution in [0.1, 0.15) is 27.5 Å². The van der Waals surface area contributed by atoms with Crippen molar-refractivity contribution in [1.82, 2.24) is 10.6 Å². The summed E-state index contributed by atoms with van der Waals surface area (Å²) in [4.78, 5) is 13.1. The van der Waals surface area contributed by atoms with E-state index in [2.05, 4.69) is 5.32 Å². The lowest BCUT2D eigenvalue weighted by Gasteiger charge is -2.46. The first-order chi connectivity index (χ1) is 13.0.